The molecule has 1 aromatic heterocycles. The van der Waals surface area contributed by atoms with E-state index in [0.29, 0.717) is 92.1 Å². The van der Waals surface area contributed by atoms with Gasteiger partial charge in [-0.25, -0.2) is 9.18 Å². The minimum atomic E-state index is -1.35. The van der Waals surface area contributed by atoms with Crippen molar-refractivity contribution >= 4 is 58.0 Å². The van der Waals surface area contributed by atoms with Gasteiger partial charge in [0.25, 0.3) is 0 Å². The predicted octanol–water partition coefficient (Wildman–Crippen LogP) is 8.45. The number of halogens is 1. The molecule has 9 rings (SSSR count). The highest BCUT2D eigenvalue weighted by Gasteiger charge is 2.69. The van der Waals surface area contributed by atoms with E-state index in [-0.39, 0.29) is 65.1 Å². The van der Waals surface area contributed by atoms with Crippen molar-refractivity contribution in [3.8, 4) is 0 Å². The van der Waals surface area contributed by atoms with Gasteiger partial charge in [0.05, 0.1) is 29.8 Å². The highest BCUT2D eigenvalue weighted by Crippen LogP contribution is 2.68. The number of nitrogens with zero attached hydrogens (tertiary/aromatic N) is 3. The van der Waals surface area contributed by atoms with Crippen LogP contribution in [0.2, 0.25) is 0 Å². The van der Waals surface area contributed by atoms with Gasteiger partial charge in [0, 0.05) is 95.5 Å². The zero-order valence-electron chi connectivity index (χ0n) is 40.7. The first-order chi connectivity index (χ1) is 32.3. The fourth-order valence-electron chi connectivity index (χ4n) is 14.6. The van der Waals surface area contributed by atoms with Gasteiger partial charge in [-0.05, 0) is 95.6 Å². The fraction of sp³-hybridized carbons (Fsp3) is 0.698. The summed E-state index contributed by atoms with van der Waals surface area (Å²) in [7, 11) is 2.21. The first-order valence-corrected chi connectivity index (χ1v) is 26.3. The van der Waals surface area contributed by atoms with Gasteiger partial charge in [0.15, 0.2) is 0 Å². The molecule has 15 heteroatoms. The predicted molar refractivity (Wildman–Crippen MR) is 257 cm³/mol. The standard InChI is InChI=1S/C53H70FN3O10S/c1-8-51(5)26-41(66-44(61)28-68-35-23-32-10-11-33(24-35)55(32)7)52(6)29(2)15-19-53(20-16-40(58)48(52)53)31(4)49(51)67-43(60)14-13-42(59)65-34-17-21-56(22-18-34)46-36-12-9-30(3)57-27-38(50(63)64)47(62)37(45(36)57)25-39(46)54/h8,25,27,29-35,41,48-49H,1,9-24,26,28H2,2-7H3,(H,63,64)/t29?,30?,31-,32?,33?,35?,41+,48?,49-,51+,52-,53?/m1/s1. The quantitative estimate of drug-likeness (QED) is 0.123. The van der Waals surface area contributed by atoms with Gasteiger partial charge >= 0.3 is 23.9 Å². The number of carbonyl (C=O) groups excluding carboxylic acids is 4. The van der Waals surface area contributed by atoms with Gasteiger partial charge in [0.1, 0.15) is 35.5 Å². The van der Waals surface area contributed by atoms with Crippen LogP contribution in [0.4, 0.5) is 10.1 Å². The molecule has 5 heterocycles. The molecular formula is C53H70FN3O10S. The topological polar surface area (TPSA) is 162 Å². The summed E-state index contributed by atoms with van der Waals surface area (Å²) in [6, 6.07) is 2.22. The second-order valence-corrected chi connectivity index (χ2v) is 23.5. The molecule has 3 saturated heterocycles. The molecule has 3 aliphatic carbocycles. The normalized spacial score (nSPS) is 35.8. The summed E-state index contributed by atoms with van der Waals surface area (Å²) in [5, 5.41) is 10.1. The Bertz CT molecular complexity index is 2440. The van der Waals surface area contributed by atoms with E-state index in [1.165, 1.54) is 19.0 Å². The number of aromatic nitrogens is 1. The van der Waals surface area contributed by atoms with Gasteiger partial charge in [-0.1, -0.05) is 33.8 Å². The average Bonchev–Trinajstić information content (AvgIpc) is 3.74. The molecule has 1 aromatic carbocycles. The van der Waals surface area contributed by atoms with Crippen LogP contribution in [0.25, 0.3) is 10.9 Å². The summed E-state index contributed by atoms with van der Waals surface area (Å²) in [5.41, 5.74) is -1.38. The molecule has 4 bridgehead atoms. The second-order valence-electron chi connectivity index (χ2n) is 22.2. The number of carboxylic acids is 1. The minimum Gasteiger partial charge on any atom is -0.477 e. The number of rotatable bonds is 12. The lowest BCUT2D eigenvalue weighted by Gasteiger charge is -2.62. The van der Waals surface area contributed by atoms with Crippen molar-refractivity contribution in [1.29, 1.82) is 0 Å². The number of aromatic carboxylic acids is 1. The number of anilines is 1. The van der Waals surface area contributed by atoms with Crippen molar-refractivity contribution in [3.05, 3.63) is 52.1 Å². The number of carboxylic acid groups (broad SMARTS) is 1. The number of pyridine rings is 1. The number of fused-ring (bicyclic) bond motifs is 2. The molecule has 0 amide bonds. The second kappa shape index (κ2) is 18.5. The Morgan fingerprint density at radius 2 is 1.59 bits per heavy atom. The van der Waals surface area contributed by atoms with Gasteiger partial charge in [0.2, 0.25) is 5.43 Å². The highest BCUT2D eigenvalue weighted by atomic mass is 32.2. The van der Waals surface area contributed by atoms with Crippen LogP contribution in [-0.2, 0) is 39.8 Å². The Morgan fingerprint density at radius 1 is 0.912 bits per heavy atom. The summed E-state index contributed by atoms with van der Waals surface area (Å²) in [4.78, 5) is 84.9. The third-order valence-corrected chi connectivity index (χ3v) is 20.0. The number of ether oxygens (including phenoxy) is 3. The van der Waals surface area contributed by atoms with E-state index in [2.05, 4.69) is 39.3 Å². The smallest absolute Gasteiger partial charge is 0.341 e. The molecule has 1 N–H and O–H groups in total. The number of esters is 3. The van der Waals surface area contributed by atoms with Crippen molar-refractivity contribution in [2.75, 3.05) is 30.8 Å². The lowest BCUT2D eigenvalue weighted by Crippen LogP contribution is -2.63. The van der Waals surface area contributed by atoms with E-state index in [1.54, 1.807) is 16.3 Å². The summed E-state index contributed by atoms with van der Waals surface area (Å²) in [5.74, 6) is -3.32. The zero-order valence-corrected chi connectivity index (χ0v) is 41.5. The number of Topliss-reactive ketones (excluding diaryl/α,β-unsaturated/α-hetero) is 1. The van der Waals surface area contributed by atoms with Crippen LogP contribution in [0, 0.1) is 39.8 Å². The van der Waals surface area contributed by atoms with Crippen molar-refractivity contribution in [1.82, 2.24) is 9.47 Å². The third-order valence-electron chi connectivity index (χ3n) is 18.7. The maximum Gasteiger partial charge on any atom is 0.341 e. The van der Waals surface area contributed by atoms with Gasteiger partial charge < -0.3 is 33.7 Å². The number of hydrogen-bond acceptors (Lipinski definition) is 12. The minimum absolute atomic E-state index is 0.0568. The number of thioether (sulfide) groups is 1. The maximum absolute atomic E-state index is 16.0. The molecule has 370 valence electrons. The Kier molecular flexibility index (Phi) is 13.3. The van der Waals surface area contributed by atoms with Crippen molar-refractivity contribution in [3.63, 3.8) is 0 Å². The molecule has 7 aliphatic rings. The number of benzene rings is 1. The van der Waals surface area contributed by atoms with E-state index < -0.39 is 63.7 Å². The molecule has 3 saturated carbocycles. The molecule has 6 fully saturated rings. The Hall–Kier alpha value is -4.24. The van der Waals surface area contributed by atoms with E-state index in [9.17, 15) is 33.9 Å². The molecule has 0 radical (unpaired) electrons. The summed E-state index contributed by atoms with van der Waals surface area (Å²) < 4.78 is 36.7. The Balaban J connectivity index is 0.852. The van der Waals surface area contributed by atoms with Crippen molar-refractivity contribution < 1.29 is 47.7 Å². The molecule has 0 spiro atoms. The molecule has 68 heavy (non-hydrogen) atoms. The summed E-state index contributed by atoms with van der Waals surface area (Å²) >= 11 is 1.70. The third kappa shape index (κ3) is 8.30. The number of carbonyl (C=O) groups is 5. The number of aryl methyl sites for hydroxylation is 1. The number of hydrogen-bond donors (Lipinski definition) is 1. The van der Waals surface area contributed by atoms with Crippen molar-refractivity contribution in [2.24, 2.45) is 34.0 Å². The monoisotopic (exact) mass is 959 g/mol. The van der Waals surface area contributed by atoms with Crippen LogP contribution in [-0.4, -0.2) is 106 Å². The van der Waals surface area contributed by atoms with Gasteiger partial charge in [-0.15, -0.1) is 18.3 Å². The molecule has 13 nitrogen and oxygen atoms in total. The molecular weight excluding hydrogens is 890 g/mol. The van der Waals surface area contributed by atoms with Crippen LogP contribution in [0.3, 0.4) is 0 Å². The average molecular weight is 960 g/mol. The maximum atomic E-state index is 16.0. The fourth-order valence-corrected chi connectivity index (χ4v) is 15.7. The van der Waals surface area contributed by atoms with E-state index in [1.807, 2.05) is 24.8 Å². The first-order valence-electron chi connectivity index (χ1n) is 25.3. The van der Waals surface area contributed by atoms with Gasteiger partial charge in [-0.2, -0.15) is 0 Å². The molecule has 2 aromatic rings. The number of ketones is 1. The van der Waals surface area contributed by atoms with E-state index in [0.717, 1.165) is 31.7 Å². The van der Waals surface area contributed by atoms with Crippen LogP contribution >= 0.6 is 11.8 Å². The Labute approximate surface area is 403 Å². The summed E-state index contributed by atoms with van der Waals surface area (Å²) in [6.07, 6.45) is 10.7. The Morgan fingerprint density at radius 3 is 2.25 bits per heavy atom. The zero-order chi connectivity index (χ0) is 48.6. The van der Waals surface area contributed by atoms with Crippen LogP contribution in [0.5, 0.6) is 0 Å². The van der Waals surface area contributed by atoms with Crippen molar-refractivity contribution in [2.45, 2.75) is 173 Å². The first kappa shape index (κ1) is 48.8. The van der Waals surface area contributed by atoms with Gasteiger partial charge in [-0.3, -0.25) is 24.0 Å². The lowest BCUT2D eigenvalue weighted by atomic mass is 9.44. The van der Waals surface area contributed by atoms with Crippen LogP contribution < -0.4 is 10.3 Å². The molecule has 11 atom stereocenters. The van der Waals surface area contributed by atoms with Crippen LogP contribution in [0.15, 0.2) is 29.7 Å². The van der Waals surface area contributed by atoms with E-state index in [4.69, 9.17) is 14.2 Å². The highest BCUT2D eigenvalue weighted by molar-refractivity contribution is 8.00. The SMILES string of the molecule is C=C[C@@]1(C)C[C@H](OC(=O)CSC2CC3CCC(C2)N3C)[C@@]2(C)C(C)CCC3(CCC(=O)C32)[C@H](C)[C@H]1OC(=O)CCC(=O)OC1CCN(c2c(F)cc3c(=O)c(C(=O)O)cn4c3c2CCC4C)CC1. The lowest BCUT2D eigenvalue weighted by molar-refractivity contribution is -0.213. The molecule has 6 unspecified atom stereocenters. The largest absolute Gasteiger partial charge is 0.477 e. The van der Waals surface area contributed by atoms with E-state index >= 15 is 4.39 Å². The van der Waals surface area contributed by atoms with Crippen LogP contribution in [0.1, 0.15) is 146 Å². The number of piperidine rings is 2. The summed E-state index contributed by atoms with van der Waals surface area (Å²) in [6.45, 7) is 15.5. The molecule has 4 aliphatic heterocycles.